The molecule has 0 spiro atoms. The molecule has 0 saturated heterocycles. The highest BCUT2D eigenvalue weighted by molar-refractivity contribution is 8.01. The van der Waals surface area contributed by atoms with E-state index in [1.165, 1.54) is 30.0 Å². The van der Waals surface area contributed by atoms with E-state index < -0.39 is 0 Å². The second-order valence-electron chi connectivity index (χ2n) is 5.95. The van der Waals surface area contributed by atoms with Gasteiger partial charge in [0.1, 0.15) is 0 Å². The van der Waals surface area contributed by atoms with Gasteiger partial charge < -0.3 is 10.6 Å². The summed E-state index contributed by atoms with van der Waals surface area (Å²) < 4.78 is 1.81. The van der Waals surface area contributed by atoms with E-state index in [1.54, 1.807) is 0 Å². The van der Waals surface area contributed by atoms with E-state index in [9.17, 15) is 9.59 Å². The van der Waals surface area contributed by atoms with Gasteiger partial charge in [-0.2, -0.15) is 0 Å². The predicted octanol–water partition coefficient (Wildman–Crippen LogP) is 4.60. The Morgan fingerprint density at radius 1 is 1.12 bits per heavy atom. The number of anilines is 2. The first-order valence-electron chi connectivity index (χ1n) is 8.09. The average Bonchev–Trinajstić information content (AvgIpc) is 2.98. The molecule has 2 N–H and O–H groups in total. The lowest BCUT2D eigenvalue weighted by Crippen LogP contribution is -2.15. The number of hydrogen-bond donors (Lipinski definition) is 2. The van der Waals surface area contributed by atoms with Crippen molar-refractivity contribution in [1.29, 1.82) is 0 Å². The zero-order valence-corrected chi connectivity index (χ0v) is 16.4. The molecule has 2 aromatic carbocycles. The zero-order chi connectivity index (χ0) is 18.7. The van der Waals surface area contributed by atoms with E-state index in [0.29, 0.717) is 5.75 Å². The largest absolute Gasteiger partial charge is 0.326 e. The lowest BCUT2D eigenvalue weighted by molar-refractivity contribution is -0.114. The molecule has 0 bridgehead atoms. The van der Waals surface area contributed by atoms with Crippen LogP contribution in [0.1, 0.15) is 18.1 Å². The summed E-state index contributed by atoms with van der Waals surface area (Å²) in [6.45, 7) is 5.44. The maximum Gasteiger partial charge on any atom is 0.234 e. The van der Waals surface area contributed by atoms with Crippen LogP contribution in [0.2, 0.25) is 0 Å². The highest BCUT2D eigenvalue weighted by atomic mass is 32.2. The number of thiazole rings is 1. The first kappa shape index (κ1) is 18.4. The summed E-state index contributed by atoms with van der Waals surface area (Å²) in [5.74, 6) is 0.142. The number of aryl methyl sites for hydroxylation is 2. The minimum atomic E-state index is -0.105. The molecule has 0 radical (unpaired) electrons. The van der Waals surface area contributed by atoms with Gasteiger partial charge in [-0.15, -0.1) is 11.3 Å². The van der Waals surface area contributed by atoms with Gasteiger partial charge in [0.2, 0.25) is 11.8 Å². The molecule has 2 amide bonds. The Labute approximate surface area is 160 Å². The lowest BCUT2D eigenvalue weighted by Gasteiger charge is -2.10. The van der Waals surface area contributed by atoms with Crippen molar-refractivity contribution >= 4 is 56.5 Å². The van der Waals surface area contributed by atoms with Crippen molar-refractivity contribution < 1.29 is 9.59 Å². The average molecular weight is 386 g/mol. The summed E-state index contributed by atoms with van der Waals surface area (Å²) in [6, 6.07) is 11.5. The highest BCUT2D eigenvalue weighted by Gasteiger charge is 2.11. The van der Waals surface area contributed by atoms with Gasteiger partial charge in [0.25, 0.3) is 0 Å². The second-order valence-corrected chi connectivity index (χ2v) is 8.20. The number of benzene rings is 2. The summed E-state index contributed by atoms with van der Waals surface area (Å²) in [5.41, 5.74) is 4.59. The molecule has 0 aliphatic heterocycles. The van der Waals surface area contributed by atoms with E-state index in [4.69, 9.17) is 0 Å². The lowest BCUT2D eigenvalue weighted by atomic mass is 10.1. The standard InChI is InChI=1S/C19H19N3O2S2/c1-11-5-4-6-12(2)18(11)22-17(24)10-25-19-21-15-8-7-14(20-13(3)23)9-16(15)26-19/h4-9H,10H2,1-3H3,(H,20,23)(H,22,24). The van der Waals surface area contributed by atoms with Gasteiger partial charge in [-0.05, 0) is 43.2 Å². The quantitative estimate of drug-likeness (QED) is 0.630. The van der Waals surface area contributed by atoms with Gasteiger partial charge >= 0.3 is 0 Å². The molecule has 7 heteroatoms. The van der Waals surface area contributed by atoms with Gasteiger partial charge in [0.15, 0.2) is 4.34 Å². The van der Waals surface area contributed by atoms with Crippen LogP contribution in [0.25, 0.3) is 10.2 Å². The van der Waals surface area contributed by atoms with E-state index in [-0.39, 0.29) is 11.8 Å². The Morgan fingerprint density at radius 2 is 1.85 bits per heavy atom. The van der Waals surface area contributed by atoms with Crippen LogP contribution < -0.4 is 10.6 Å². The molecule has 0 aliphatic rings. The summed E-state index contributed by atoms with van der Waals surface area (Å²) >= 11 is 2.93. The molecule has 26 heavy (non-hydrogen) atoms. The highest BCUT2D eigenvalue weighted by Crippen LogP contribution is 2.31. The number of hydrogen-bond acceptors (Lipinski definition) is 5. The normalized spacial score (nSPS) is 10.7. The van der Waals surface area contributed by atoms with E-state index in [0.717, 1.165) is 37.1 Å². The van der Waals surface area contributed by atoms with Gasteiger partial charge in [0.05, 0.1) is 16.0 Å². The van der Waals surface area contributed by atoms with Gasteiger partial charge in [-0.25, -0.2) is 4.98 Å². The summed E-state index contributed by atoms with van der Waals surface area (Å²) in [4.78, 5) is 28.0. The zero-order valence-electron chi connectivity index (χ0n) is 14.8. The number of nitrogens with zero attached hydrogens (tertiary/aromatic N) is 1. The van der Waals surface area contributed by atoms with Crippen LogP contribution in [-0.4, -0.2) is 22.6 Å². The molecule has 134 valence electrons. The molecule has 1 aromatic heterocycles. The second kappa shape index (κ2) is 7.88. The molecule has 0 unspecified atom stereocenters. The Kier molecular flexibility index (Phi) is 5.58. The molecule has 3 aromatic rings. The van der Waals surface area contributed by atoms with Gasteiger partial charge in [0, 0.05) is 18.3 Å². The number of rotatable bonds is 5. The number of carbonyl (C=O) groups is 2. The number of amides is 2. The van der Waals surface area contributed by atoms with Crippen molar-refractivity contribution in [2.24, 2.45) is 0 Å². The van der Waals surface area contributed by atoms with Crippen LogP contribution in [0.3, 0.4) is 0 Å². The molecule has 0 atom stereocenters. The van der Waals surface area contributed by atoms with Crippen LogP contribution in [0.15, 0.2) is 40.7 Å². The molecular weight excluding hydrogens is 366 g/mol. The number of para-hydroxylation sites is 1. The molecule has 0 fully saturated rings. The molecule has 3 rings (SSSR count). The SMILES string of the molecule is CC(=O)Nc1ccc2nc(SCC(=O)Nc3c(C)cccc3C)sc2c1. The minimum Gasteiger partial charge on any atom is -0.326 e. The number of thioether (sulfide) groups is 1. The van der Waals surface area contributed by atoms with Crippen LogP contribution in [-0.2, 0) is 9.59 Å². The van der Waals surface area contributed by atoms with E-state index >= 15 is 0 Å². The van der Waals surface area contributed by atoms with Gasteiger partial charge in [-0.1, -0.05) is 30.0 Å². The number of carbonyl (C=O) groups excluding carboxylic acids is 2. The third kappa shape index (κ3) is 4.42. The third-order valence-electron chi connectivity index (χ3n) is 3.76. The summed E-state index contributed by atoms with van der Waals surface area (Å²) in [7, 11) is 0. The minimum absolute atomic E-state index is 0.0504. The van der Waals surface area contributed by atoms with Crippen LogP contribution in [0, 0.1) is 13.8 Å². The van der Waals surface area contributed by atoms with Gasteiger partial charge in [-0.3, -0.25) is 9.59 Å². The maximum atomic E-state index is 12.3. The molecule has 0 aliphatic carbocycles. The van der Waals surface area contributed by atoms with Crippen molar-refractivity contribution in [3.8, 4) is 0 Å². The third-order valence-corrected chi connectivity index (χ3v) is 5.92. The smallest absolute Gasteiger partial charge is 0.234 e. The Balaban J connectivity index is 1.65. The molecular formula is C19H19N3O2S2. The fraction of sp³-hybridized carbons (Fsp3) is 0.211. The van der Waals surface area contributed by atoms with E-state index in [2.05, 4.69) is 15.6 Å². The molecule has 0 saturated carbocycles. The number of fused-ring (bicyclic) bond motifs is 1. The first-order chi connectivity index (χ1) is 12.4. The Bertz CT molecular complexity index is 962. The van der Waals surface area contributed by atoms with Crippen LogP contribution in [0.5, 0.6) is 0 Å². The van der Waals surface area contributed by atoms with Crippen molar-refractivity contribution in [1.82, 2.24) is 4.98 Å². The molecule has 5 nitrogen and oxygen atoms in total. The maximum absolute atomic E-state index is 12.3. The van der Waals surface area contributed by atoms with Crippen molar-refractivity contribution in [3.05, 3.63) is 47.5 Å². The van der Waals surface area contributed by atoms with Crippen molar-refractivity contribution in [2.45, 2.75) is 25.1 Å². The summed E-state index contributed by atoms with van der Waals surface area (Å²) in [5, 5.41) is 5.75. The van der Waals surface area contributed by atoms with Crippen LogP contribution >= 0.6 is 23.1 Å². The first-order valence-corrected chi connectivity index (χ1v) is 9.89. The summed E-state index contributed by atoms with van der Waals surface area (Å²) in [6.07, 6.45) is 0. The fourth-order valence-corrected chi connectivity index (χ4v) is 4.47. The topological polar surface area (TPSA) is 71.1 Å². The Morgan fingerprint density at radius 3 is 2.54 bits per heavy atom. The fourth-order valence-electron chi connectivity index (χ4n) is 2.56. The Hall–Kier alpha value is -2.38. The van der Waals surface area contributed by atoms with Crippen LogP contribution in [0.4, 0.5) is 11.4 Å². The molecule has 1 heterocycles. The number of nitrogens with one attached hydrogen (secondary N) is 2. The number of aromatic nitrogens is 1. The predicted molar refractivity (Wildman–Crippen MR) is 109 cm³/mol. The van der Waals surface area contributed by atoms with Crippen molar-refractivity contribution in [2.75, 3.05) is 16.4 Å². The van der Waals surface area contributed by atoms with Crippen molar-refractivity contribution in [3.63, 3.8) is 0 Å². The monoisotopic (exact) mass is 385 g/mol. The van der Waals surface area contributed by atoms with E-state index in [1.807, 2.05) is 50.2 Å².